The largest absolute Gasteiger partial charge is 0.496 e. The standard InChI is InChI=1S/C13H19NO/c1-4-8-14-10-12-9-11(5-2)6-7-13(12)15-3/h5-7,9,14H,2,4,8,10H2,1,3H3. The number of rotatable bonds is 6. The van der Waals surface area contributed by atoms with Crippen LogP contribution < -0.4 is 10.1 Å². The Balaban J connectivity index is 2.76. The summed E-state index contributed by atoms with van der Waals surface area (Å²) in [5.74, 6) is 0.934. The Morgan fingerprint density at radius 2 is 2.27 bits per heavy atom. The molecule has 0 saturated heterocycles. The van der Waals surface area contributed by atoms with E-state index in [1.807, 2.05) is 18.2 Å². The maximum Gasteiger partial charge on any atom is 0.123 e. The van der Waals surface area contributed by atoms with Gasteiger partial charge in [0, 0.05) is 12.1 Å². The van der Waals surface area contributed by atoms with E-state index >= 15 is 0 Å². The Hall–Kier alpha value is -1.28. The molecule has 0 aliphatic rings. The van der Waals surface area contributed by atoms with Crippen LogP contribution in [0.1, 0.15) is 24.5 Å². The molecular formula is C13H19NO. The summed E-state index contributed by atoms with van der Waals surface area (Å²) in [6.07, 6.45) is 2.99. The van der Waals surface area contributed by atoms with Gasteiger partial charge in [0.15, 0.2) is 0 Å². The highest BCUT2D eigenvalue weighted by atomic mass is 16.5. The van der Waals surface area contributed by atoms with Crippen molar-refractivity contribution in [2.45, 2.75) is 19.9 Å². The molecule has 0 bridgehead atoms. The van der Waals surface area contributed by atoms with Gasteiger partial charge in [-0.05, 0) is 30.7 Å². The van der Waals surface area contributed by atoms with Gasteiger partial charge in [-0.15, -0.1) is 0 Å². The Morgan fingerprint density at radius 3 is 2.87 bits per heavy atom. The van der Waals surface area contributed by atoms with Crippen molar-refractivity contribution in [2.75, 3.05) is 13.7 Å². The molecule has 0 atom stereocenters. The molecule has 0 aromatic heterocycles. The zero-order valence-electron chi connectivity index (χ0n) is 9.55. The number of ether oxygens (including phenoxy) is 1. The third-order valence-electron chi connectivity index (χ3n) is 2.28. The Morgan fingerprint density at radius 1 is 1.47 bits per heavy atom. The normalized spacial score (nSPS) is 10.0. The van der Waals surface area contributed by atoms with Crippen LogP contribution in [0.15, 0.2) is 24.8 Å². The zero-order chi connectivity index (χ0) is 11.1. The van der Waals surface area contributed by atoms with Gasteiger partial charge in [0.1, 0.15) is 5.75 Å². The van der Waals surface area contributed by atoms with Gasteiger partial charge in [0.25, 0.3) is 0 Å². The van der Waals surface area contributed by atoms with Gasteiger partial charge in [0.05, 0.1) is 7.11 Å². The van der Waals surface area contributed by atoms with Crippen molar-refractivity contribution in [1.29, 1.82) is 0 Å². The molecule has 1 N–H and O–H groups in total. The van der Waals surface area contributed by atoms with Gasteiger partial charge < -0.3 is 10.1 Å². The summed E-state index contributed by atoms with van der Waals surface area (Å²) in [6.45, 7) is 7.80. The topological polar surface area (TPSA) is 21.3 Å². The lowest BCUT2D eigenvalue weighted by atomic mass is 10.1. The van der Waals surface area contributed by atoms with Gasteiger partial charge in [-0.2, -0.15) is 0 Å². The lowest BCUT2D eigenvalue weighted by Gasteiger charge is -2.10. The summed E-state index contributed by atoms with van der Waals surface area (Å²) in [5.41, 5.74) is 2.31. The minimum absolute atomic E-state index is 0.846. The van der Waals surface area contributed by atoms with Crippen LogP contribution in [-0.4, -0.2) is 13.7 Å². The van der Waals surface area contributed by atoms with Gasteiger partial charge in [-0.1, -0.05) is 25.6 Å². The van der Waals surface area contributed by atoms with Crippen LogP contribution in [0.5, 0.6) is 5.75 Å². The number of methoxy groups -OCH3 is 1. The number of hydrogen-bond donors (Lipinski definition) is 1. The Kier molecular flexibility index (Phi) is 4.91. The predicted molar refractivity (Wildman–Crippen MR) is 65.1 cm³/mol. The molecule has 0 spiro atoms. The molecule has 0 aliphatic heterocycles. The minimum Gasteiger partial charge on any atom is -0.496 e. The van der Waals surface area contributed by atoms with E-state index < -0.39 is 0 Å². The quantitative estimate of drug-likeness (QED) is 0.721. The third kappa shape index (κ3) is 3.40. The lowest BCUT2D eigenvalue weighted by Crippen LogP contribution is -2.14. The maximum absolute atomic E-state index is 5.30. The first-order valence-electron chi connectivity index (χ1n) is 5.32. The molecule has 0 aliphatic carbocycles. The number of benzene rings is 1. The van der Waals surface area contributed by atoms with Crippen LogP contribution >= 0.6 is 0 Å². The summed E-state index contributed by atoms with van der Waals surface area (Å²) in [6, 6.07) is 6.10. The van der Waals surface area contributed by atoms with Crippen molar-refractivity contribution in [2.24, 2.45) is 0 Å². The molecule has 0 radical (unpaired) electrons. The second kappa shape index (κ2) is 6.25. The average Bonchev–Trinajstić information content (AvgIpc) is 2.29. The van der Waals surface area contributed by atoms with E-state index in [0.717, 1.165) is 30.8 Å². The van der Waals surface area contributed by atoms with E-state index in [9.17, 15) is 0 Å². The summed E-state index contributed by atoms with van der Waals surface area (Å²) in [4.78, 5) is 0. The van der Waals surface area contributed by atoms with Gasteiger partial charge in [-0.25, -0.2) is 0 Å². The molecule has 2 heteroatoms. The molecule has 1 aromatic carbocycles. The molecule has 0 heterocycles. The van der Waals surface area contributed by atoms with Crippen LogP contribution in [0.25, 0.3) is 6.08 Å². The van der Waals surface area contributed by atoms with Crippen molar-refractivity contribution >= 4 is 6.08 Å². The molecule has 0 amide bonds. The number of nitrogens with one attached hydrogen (secondary N) is 1. The van der Waals surface area contributed by atoms with E-state index in [1.165, 1.54) is 5.56 Å². The molecular weight excluding hydrogens is 186 g/mol. The molecule has 1 rings (SSSR count). The molecule has 0 fully saturated rings. The fourth-order valence-electron chi connectivity index (χ4n) is 1.46. The first kappa shape index (κ1) is 11.8. The molecule has 15 heavy (non-hydrogen) atoms. The fraction of sp³-hybridized carbons (Fsp3) is 0.385. The Bertz CT molecular complexity index is 320. The van der Waals surface area contributed by atoms with Gasteiger partial charge in [-0.3, -0.25) is 0 Å². The first-order chi connectivity index (χ1) is 7.31. The second-order valence-corrected chi connectivity index (χ2v) is 3.45. The summed E-state index contributed by atoms with van der Waals surface area (Å²) < 4.78 is 5.30. The van der Waals surface area contributed by atoms with E-state index in [0.29, 0.717) is 0 Å². The highest BCUT2D eigenvalue weighted by Crippen LogP contribution is 2.20. The lowest BCUT2D eigenvalue weighted by molar-refractivity contribution is 0.407. The molecule has 0 unspecified atom stereocenters. The van der Waals surface area contributed by atoms with Crippen molar-refractivity contribution in [1.82, 2.24) is 5.32 Å². The van der Waals surface area contributed by atoms with Crippen molar-refractivity contribution in [3.05, 3.63) is 35.9 Å². The molecule has 1 aromatic rings. The van der Waals surface area contributed by atoms with E-state index in [2.05, 4.69) is 24.9 Å². The summed E-state index contributed by atoms with van der Waals surface area (Å²) >= 11 is 0. The number of hydrogen-bond acceptors (Lipinski definition) is 2. The predicted octanol–water partition coefficient (Wildman–Crippen LogP) is 2.84. The van der Waals surface area contributed by atoms with Crippen molar-refractivity contribution in [3.63, 3.8) is 0 Å². The van der Waals surface area contributed by atoms with Crippen LogP contribution in [0, 0.1) is 0 Å². The van der Waals surface area contributed by atoms with E-state index in [-0.39, 0.29) is 0 Å². The molecule has 2 nitrogen and oxygen atoms in total. The smallest absolute Gasteiger partial charge is 0.123 e. The monoisotopic (exact) mass is 205 g/mol. The summed E-state index contributed by atoms with van der Waals surface area (Å²) in [5, 5.41) is 3.36. The first-order valence-corrected chi connectivity index (χ1v) is 5.32. The second-order valence-electron chi connectivity index (χ2n) is 3.45. The third-order valence-corrected chi connectivity index (χ3v) is 2.28. The van der Waals surface area contributed by atoms with Gasteiger partial charge >= 0.3 is 0 Å². The van der Waals surface area contributed by atoms with Crippen LogP contribution in [0.3, 0.4) is 0 Å². The minimum atomic E-state index is 0.846. The van der Waals surface area contributed by atoms with Crippen LogP contribution in [0.2, 0.25) is 0 Å². The summed E-state index contributed by atoms with van der Waals surface area (Å²) in [7, 11) is 1.70. The molecule has 82 valence electrons. The van der Waals surface area contributed by atoms with E-state index in [4.69, 9.17) is 4.74 Å². The van der Waals surface area contributed by atoms with Crippen LogP contribution in [0.4, 0.5) is 0 Å². The van der Waals surface area contributed by atoms with Gasteiger partial charge in [0.2, 0.25) is 0 Å². The molecule has 0 saturated carbocycles. The maximum atomic E-state index is 5.30. The highest BCUT2D eigenvalue weighted by Gasteiger charge is 2.02. The van der Waals surface area contributed by atoms with E-state index in [1.54, 1.807) is 7.11 Å². The van der Waals surface area contributed by atoms with Crippen molar-refractivity contribution < 1.29 is 4.74 Å². The Labute approximate surface area is 92.0 Å². The highest BCUT2D eigenvalue weighted by molar-refractivity contribution is 5.51. The SMILES string of the molecule is C=Cc1ccc(OC)c(CNCCC)c1. The van der Waals surface area contributed by atoms with Crippen LogP contribution in [-0.2, 0) is 6.54 Å². The zero-order valence-corrected chi connectivity index (χ0v) is 9.55. The van der Waals surface area contributed by atoms with Crippen molar-refractivity contribution in [3.8, 4) is 5.75 Å². The average molecular weight is 205 g/mol. The fourth-order valence-corrected chi connectivity index (χ4v) is 1.46.